The van der Waals surface area contributed by atoms with Gasteiger partial charge in [-0.1, -0.05) is 35.9 Å². The van der Waals surface area contributed by atoms with Gasteiger partial charge >= 0.3 is 5.97 Å². The summed E-state index contributed by atoms with van der Waals surface area (Å²) in [7, 11) is 0. The number of thioether (sulfide) groups is 1. The van der Waals surface area contributed by atoms with Crippen LogP contribution in [0.5, 0.6) is 0 Å². The number of aliphatic carboxylic acids is 1. The molecule has 1 aromatic rings. The second-order valence-electron chi connectivity index (χ2n) is 3.98. The van der Waals surface area contributed by atoms with Crippen molar-refractivity contribution in [2.75, 3.05) is 5.75 Å². The summed E-state index contributed by atoms with van der Waals surface area (Å²) in [6.45, 7) is 1.80. The number of hydrogen-bond acceptors (Lipinski definition) is 3. The number of hydrogen-bond donors (Lipinski definition) is 2. The van der Waals surface area contributed by atoms with Gasteiger partial charge in [-0.15, -0.1) is 11.8 Å². The van der Waals surface area contributed by atoms with Crippen LogP contribution in [0.4, 0.5) is 0 Å². The number of nitrogens with one attached hydrogen (secondary N) is 1. The Balaban J connectivity index is 2.50. The van der Waals surface area contributed by atoms with E-state index < -0.39 is 12.0 Å². The molecule has 0 bridgehead atoms. The minimum Gasteiger partial charge on any atom is -0.480 e. The number of amides is 1. The highest BCUT2D eigenvalue weighted by Crippen LogP contribution is 2.26. The molecule has 0 heterocycles. The van der Waals surface area contributed by atoms with Gasteiger partial charge in [0.2, 0.25) is 5.91 Å². The minimum atomic E-state index is -1.04. The van der Waals surface area contributed by atoms with Gasteiger partial charge in [-0.05, 0) is 25.5 Å². The van der Waals surface area contributed by atoms with Crippen molar-refractivity contribution < 1.29 is 14.7 Å². The molecule has 1 rings (SSSR count). The van der Waals surface area contributed by atoms with E-state index in [2.05, 4.69) is 5.32 Å². The van der Waals surface area contributed by atoms with E-state index in [-0.39, 0.29) is 18.1 Å². The van der Waals surface area contributed by atoms with Crippen LogP contribution in [0.3, 0.4) is 0 Å². The Hall–Kier alpha value is -1.46. The topological polar surface area (TPSA) is 66.4 Å². The molecule has 0 saturated carbocycles. The average molecular weight is 314 g/mol. The fourth-order valence-corrected chi connectivity index (χ4v) is 2.48. The van der Waals surface area contributed by atoms with E-state index in [0.29, 0.717) is 5.02 Å². The Bertz CT molecular complexity index is 505. The van der Waals surface area contributed by atoms with Crippen molar-refractivity contribution in [3.63, 3.8) is 0 Å². The molecule has 20 heavy (non-hydrogen) atoms. The van der Waals surface area contributed by atoms with Crippen LogP contribution in [0, 0.1) is 0 Å². The van der Waals surface area contributed by atoms with Crippen molar-refractivity contribution in [2.45, 2.75) is 24.3 Å². The van der Waals surface area contributed by atoms with Crippen molar-refractivity contribution in [1.29, 1.82) is 0 Å². The lowest BCUT2D eigenvalue weighted by molar-refractivity contribution is -0.141. The Kier molecular flexibility index (Phi) is 7.18. The number of allylic oxidation sites excluding steroid dienone is 1. The largest absolute Gasteiger partial charge is 0.480 e. The Morgan fingerprint density at radius 1 is 1.45 bits per heavy atom. The van der Waals surface area contributed by atoms with Crippen molar-refractivity contribution in [1.82, 2.24) is 5.32 Å². The fraction of sp³-hybridized carbons (Fsp3) is 0.286. The zero-order valence-electron chi connectivity index (χ0n) is 11.0. The quantitative estimate of drug-likeness (QED) is 0.600. The first-order valence-corrected chi connectivity index (χ1v) is 7.41. The van der Waals surface area contributed by atoms with E-state index in [1.807, 2.05) is 18.2 Å². The van der Waals surface area contributed by atoms with Crippen molar-refractivity contribution in [3.8, 4) is 0 Å². The maximum atomic E-state index is 11.7. The third-order valence-electron chi connectivity index (χ3n) is 2.44. The lowest BCUT2D eigenvalue weighted by atomic mass is 10.2. The molecule has 0 aliphatic carbocycles. The molecule has 108 valence electrons. The second kappa shape index (κ2) is 8.66. The summed E-state index contributed by atoms with van der Waals surface area (Å²) in [6.07, 6.45) is 3.73. The lowest BCUT2D eigenvalue weighted by Gasteiger charge is -2.12. The number of rotatable bonds is 7. The van der Waals surface area contributed by atoms with Gasteiger partial charge in [0.05, 0.1) is 10.8 Å². The molecule has 1 amide bonds. The summed E-state index contributed by atoms with van der Waals surface area (Å²) >= 11 is 7.25. The van der Waals surface area contributed by atoms with Gasteiger partial charge in [0.15, 0.2) is 0 Å². The molecular weight excluding hydrogens is 298 g/mol. The van der Waals surface area contributed by atoms with E-state index in [0.717, 1.165) is 4.90 Å². The lowest BCUT2D eigenvalue weighted by Crippen LogP contribution is -2.41. The summed E-state index contributed by atoms with van der Waals surface area (Å²) in [5, 5.41) is 12.1. The number of benzene rings is 1. The molecule has 0 spiro atoms. The SMILES string of the molecule is C/C=C/CC(NC(=O)CSc1ccccc1Cl)C(=O)O. The van der Waals surface area contributed by atoms with E-state index in [9.17, 15) is 9.59 Å². The maximum absolute atomic E-state index is 11.7. The highest BCUT2D eigenvalue weighted by atomic mass is 35.5. The Morgan fingerprint density at radius 3 is 2.75 bits per heavy atom. The summed E-state index contributed by atoms with van der Waals surface area (Å²) < 4.78 is 0. The third kappa shape index (κ3) is 5.67. The van der Waals surface area contributed by atoms with E-state index in [1.54, 1.807) is 25.1 Å². The standard InChI is InChI=1S/C14H16ClNO3S/c1-2-3-7-11(14(18)19)16-13(17)9-20-12-8-5-4-6-10(12)15/h2-6,8,11H,7,9H2,1H3,(H,16,17)(H,18,19)/b3-2+. The maximum Gasteiger partial charge on any atom is 0.326 e. The summed E-state index contributed by atoms with van der Waals surface area (Å²) in [5.41, 5.74) is 0. The Labute approximate surface area is 127 Å². The normalized spacial score (nSPS) is 12.3. The number of carbonyl (C=O) groups excluding carboxylic acids is 1. The van der Waals surface area contributed by atoms with Crippen molar-refractivity contribution in [2.24, 2.45) is 0 Å². The first-order chi connectivity index (χ1) is 9.54. The third-order valence-corrected chi connectivity index (χ3v) is 3.95. The average Bonchev–Trinajstić information content (AvgIpc) is 2.42. The molecule has 0 saturated heterocycles. The summed E-state index contributed by atoms with van der Waals surface area (Å²) in [6, 6.07) is 6.30. The number of carbonyl (C=O) groups is 2. The zero-order chi connectivity index (χ0) is 15.0. The van der Waals surface area contributed by atoms with E-state index in [4.69, 9.17) is 16.7 Å². The minimum absolute atomic E-state index is 0.128. The van der Waals surface area contributed by atoms with Gasteiger partial charge in [0.25, 0.3) is 0 Å². The van der Waals surface area contributed by atoms with Gasteiger partial charge in [-0.25, -0.2) is 4.79 Å². The van der Waals surface area contributed by atoms with Crippen molar-refractivity contribution in [3.05, 3.63) is 41.4 Å². The number of halogens is 1. The molecule has 4 nitrogen and oxygen atoms in total. The first kappa shape index (κ1) is 16.6. The van der Waals surface area contributed by atoms with Gasteiger partial charge in [-0.3, -0.25) is 4.79 Å². The predicted octanol–water partition coefficient (Wildman–Crippen LogP) is 2.97. The summed E-state index contributed by atoms with van der Waals surface area (Å²) in [4.78, 5) is 23.5. The van der Waals surface area contributed by atoms with Crippen LogP contribution >= 0.6 is 23.4 Å². The van der Waals surface area contributed by atoms with Crippen LogP contribution < -0.4 is 5.32 Å². The second-order valence-corrected chi connectivity index (χ2v) is 5.41. The first-order valence-electron chi connectivity index (χ1n) is 6.05. The van der Waals surface area contributed by atoms with E-state index in [1.165, 1.54) is 11.8 Å². The van der Waals surface area contributed by atoms with E-state index >= 15 is 0 Å². The smallest absolute Gasteiger partial charge is 0.326 e. The van der Waals surface area contributed by atoms with Crippen LogP contribution in [-0.4, -0.2) is 28.8 Å². The molecular formula is C14H16ClNO3S. The Morgan fingerprint density at radius 2 is 2.15 bits per heavy atom. The van der Waals surface area contributed by atoms with Crippen LogP contribution in [0.15, 0.2) is 41.3 Å². The number of carboxylic acids is 1. The van der Waals surface area contributed by atoms with Gasteiger partial charge < -0.3 is 10.4 Å². The molecule has 2 N–H and O–H groups in total. The molecule has 0 aliphatic rings. The molecule has 1 unspecified atom stereocenters. The van der Waals surface area contributed by atoms with Crippen LogP contribution in [0.25, 0.3) is 0 Å². The van der Waals surface area contributed by atoms with Crippen LogP contribution in [0.2, 0.25) is 5.02 Å². The van der Waals surface area contributed by atoms with Crippen LogP contribution in [0.1, 0.15) is 13.3 Å². The van der Waals surface area contributed by atoms with Gasteiger partial charge in [0.1, 0.15) is 6.04 Å². The zero-order valence-corrected chi connectivity index (χ0v) is 12.6. The highest BCUT2D eigenvalue weighted by molar-refractivity contribution is 8.00. The molecule has 0 aliphatic heterocycles. The monoisotopic (exact) mass is 313 g/mol. The number of carboxylic acid groups (broad SMARTS) is 1. The fourth-order valence-electron chi connectivity index (χ4n) is 1.43. The molecule has 1 aromatic carbocycles. The molecule has 0 fully saturated rings. The van der Waals surface area contributed by atoms with Gasteiger partial charge in [0, 0.05) is 4.90 Å². The predicted molar refractivity (Wildman–Crippen MR) is 81.2 cm³/mol. The molecule has 1 atom stereocenters. The van der Waals surface area contributed by atoms with Gasteiger partial charge in [-0.2, -0.15) is 0 Å². The highest BCUT2D eigenvalue weighted by Gasteiger charge is 2.18. The molecule has 6 heteroatoms. The molecule has 0 aromatic heterocycles. The van der Waals surface area contributed by atoms with Crippen LogP contribution in [-0.2, 0) is 9.59 Å². The van der Waals surface area contributed by atoms with Crippen molar-refractivity contribution >= 4 is 35.2 Å². The molecule has 0 radical (unpaired) electrons. The summed E-state index contributed by atoms with van der Waals surface area (Å²) in [5.74, 6) is -1.24.